The molecule has 2 aliphatic rings. The minimum absolute atomic E-state index is 0.0953. The number of carbonyl (C=O) groups excluding carboxylic acids is 1. The van der Waals surface area contributed by atoms with Gasteiger partial charge in [0.2, 0.25) is 11.9 Å². The lowest BCUT2D eigenvalue weighted by atomic mass is 10.2. The lowest BCUT2D eigenvalue weighted by molar-refractivity contribution is -0.114. The highest BCUT2D eigenvalue weighted by molar-refractivity contribution is 7.90. The fourth-order valence-corrected chi connectivity index (χ4v) is 3.84. The largest absolute Gasteiger partial charge is 0.377 e. The fourth-order valence-electron chi connectivity index (χ4n) is 2.84. The van der Waals surface area contributed by atoms with Gasteiger partial charge in [0.05, 0.1) is 24.3 Å². The smallest absolute Gasteiger partial charge is 0.264 e. The van der Waals surface area contributed by atoms with Crippen molar-refractivity contribution in [3.63, 3.8) is 0 Å². The molecule has 9 nitrogen and oxygen atoms in total. The van der Waals surface area contributed by atoms with Gasteiger partial charge in [0.1, 0.15) is 0 Å². The lowest BCUT2D eigenvalue weighted by Gasteiger charge is -2.28. The number of aliphatic imine (C=N–C) groups is 1. The first-order valence-corrected chi connectivity index (χ1v) is 9.93. The maximum atomic E-state index is 12.4. The molecule has 0 radical (unpaired) electrons. The van der Waals surface area contributed by atoms with Crippen LogP contribution in [0.1, 0.15) is 19.8 Å². The van der Waals surface area contributed by atoms with Gasteiger partial charge < -0.3 is 15.4 Å². The van der Waals surface area contributed by atoms with Gasteiger partial charge in [-0.1, -0.05) is 0 Å². The predicted octanol–water partition coefficient (Wildman–Crippen LogP) is 0.279. The molecule has 0 bridgehead atoms. The summed E-state index contributed by atoms with van der Waals surface area (Å²) in [6.45, 7) is 3.89. The minimum Gasteiger partial charge on any atom is -0.377 e. The number of hydrogen-bond acceptors (Lipinski definition) is 7. The molecule has 0 saturated carbocycles. The summed E-state index contributed by atoms with van der Waals surface area (Å²) in [4.78, 5) is 17.4. The predicted molar refractivity (Wildman–Crippen MR) is 97.1 cm³/mol. The van der Waals surface area contributed by atoms with Gasteiger partial charge in [-0.25, -0.2) is 18.1 Å². The molecule has 2 heterocycles. The molecule has 2 aliphatic heterocycles. The molecule has 0 unspecified atom stereocenters. The van der Waals surface area contributed by atoms with Gasteiger partial charge in [0.25, 0.3) is 10.0 Å². The third-order valence-electron chi connectivity index (χ3n) is 4.10. The summed E-state index contributed by atoms with van der Waals surface area (Å²) in [6, 6.07) is 5.94. The van der Waals surface area contributed by atoms with E-state index in [2.05, 4.69) is 25.2 Å². The molecule has 1 fully saturated rings. The van der Waals surface area contributed by atoms with E-state index in [4.69, 9.17) is 4.74 Å². The fraction of sp³-hybridized carbons (Fsp3) is 0.500. The highest BCUT2D eigenvalue weighted by atomic mass is 32.2. The van der Waals surface area contributed by atoms with Crippen molar-refractivity contribution in [2.45, 2.75) is 30.8 Å². The highest BCUT2D eigenvalue weighted by Gasteiger charge is 2.23. The Morgan fingerprint density at radius 2 is 2.15 bits per heavy atom. The van der Waals surface area contributed by atoms with Gasteiger partial charge in [-0.15, -0.1) is 0 Å². The van der Waals surface area contributed by atoms with Crippen molar-refractivity contribution in [3.8, 4) is 0 Å². The van der Waals surface area contributed by atoms with E-state index < -0.39 is 10.0 Å². The first kappa shape index (κ1) is 18.6. The molecule has 1 aromatic rings. The normalized spacial score (nSPS) is 21.0. The van der Waals surface area contributed by atoms with E-state index in [9.17, 15) is 13.2 Å². The van der Waals surface area contributed by atoms with Crippen LogP contribution in [0, 0.1) is 0 Å². The van der Waals surface area contributed by atoms with Crippen LogP contribution in [0.25, 0.3) is 0 Å². The summed E-state index contributed by atoms with van der Waals surface area (Å²) < 4.78 is 32.9. The SMILES string of the molecule is CC(=O)Nc1ccc(S(=O)(=O)NC2=NCN(C[C@H]3CCCO3)CN2)cc1. The minimum atomic E-state index is -3.74. The Balaban J connectivity index is 1.57. The zero-order valence-corrected chi connectivity index (χ0v) is 15.4. The third kappa shape index (κ3) is 4.93. The van der Waals surface area contributed by atoms with Crippen LogP contribution in [-0.4, -0.2) is 57.8 Å². The van der Waals surface area contributed by atoms with Gasteiger partial charge in [-0.2, -0.15) is 0 Å². The molecule has 3 rings (SSSR count). The Kier molecular flexibility index (Phi) is 5.74. The average molecular weight is 381 g/mol. The van der Waals surface area contributed by atoms with Gasteiger partial charge in [0.15, 0.2) is 0 Å². The topological polar surface area (TPSA) is 112 Å². The van der Waals surface area contributed by atoms with Gasteiger partial charge in [0, 0.05) is 25.8 Å². The zero-order chi connectivity index (χ0) is 18.6. The molecule has 1 amide bonds. The van der Waals surface area contributed by atoms with Gasteiger partial charge >= 0.3 is 0 Å². The summed E-state index contributed by atoms with van der Waals surface area (Å²) in [6.07, 6.45) is 2.36. The number of benzene rings is 1. The van der Waals surface area contributed by atoms with Gasteiger partial charge in [-0.3, -0.25) is 9.69 Å². The van der Waals surface area contributed by atoms with Crippen molar-refractivity contribution in [1.29, 1.82) is 0 Å². The number of amides is 1. The Hall–Kier alpha value is -2.17. The number of sulfonamides is 1. The number of anilines is 1. The molecule has 0 spiro atoms. The van der Waals surface area contributed by atoms with Crippen molar-refractivity contribution in [3.05, 3.63) is 24.3 Å². The Labute approximate surface area is 152 Å². The second-order valence-electron chi connectivity index (χ2n) is 6.28. The van der Waals surface area contributed by atoms with Gasteiger partial charge in [-0.05, 0) is 37.1 Å². The standard InChI is InChI=1S/C16H23N5O4S/c1-12(22)19-13-4-6-15(7-5-13)26(23,24)20-16-17-10-21(11-18-16)9-14-3-2-8-25-14/h4-7,14H,2-3,8-11H2,1H3,(H,19,22)(H2,17,18,20)/t14-/m1/s1. The molecule has 1 saturated heterocycles. The average Bonchev–Trinajstić information content (AvgIpc) is 3.09. The van der Waals surface area contributed by atoms with Crippen LogP contribution in [0.4, 0.5) is 5.69 Å². The molecule has 26 heavy (non-hydrogen) atoms. The molecule has 3 N–H and O–H groups in total. The van der Waals surface area contributed by atoms with E-state index in [0.717, 1.165) is 26.0 Å². The maximum absolute atomic E-state index is 12.4. The third-order valence-corrected chi connectivity index (χ3v) is 5.46. The van der Waals surface area contributed by atoms with Crippen LogP contribution >= 0.6 is 0 Å². The number of carbonyl (C=O) groups is 1. The number of hydrogen-bond donors (Lipinski definition) is 3. The Morgan fingerprint density at radius 1 is 1.38 bits per heavy atom. The van der Waals surface area contributed by atoms with Crippen LogP contribution in [-0.2, 0) is 19.6 Å². The van der Waals surface area contributed by atoms with Crippen LogP contribution in [0.2, 0.25) is 0 Å². The van der Waals surface area contributed by atoms with Crippen molar-refractivity contribution >= 4 is 27.6 Å². The van der Waals surface area contributed by atoms with E-state index in [1.54, 1.807) is 0 Å². The molecule has 1 aromatic carbocycles. The van der Waals surface area contributed by atoms with Crippen molar-refractivity contribution in [2.75, 3.05) is 31.8 Å². The molecule has 0 aliphatic carbocycles. The quantitative estimate of drug-likeness (QED) is 0.675. The van der Waals surface area contributed by atoms with Crippen LogP contribution in [0.15, 0.2) is 34.2 Å². The van der Waals surface area contributed by atoms with E-state index in [1.807, 2.05) is 0 Å². The number of rotatable bonds is 5. The van der Waals surface area contributed by atoms with Crippen molar-refractivity contribution in [1.82, 2.24) is 14.9 Å². The molecule has 10 heteroatoms. The second kappa shape index (κ2) is 8.02. The summed E-state index contributed by atoms with van der Waals surface area (Å²) in [5.74, 6) is 0.00609. The summed E-state index contributed by atoms with van der Waals surface area (Å²) >= 11 is 0. The molecule has 1 atom stereocenters. The highest BCUT2D eigenvalue weighted by Crippen LogP contribution is 2.15. The molecular weight excluding hydrogens is 358 g/mol. The van der Waals surface area contributed by atoms with Crippen LogP contribution < -0.4 is 15.4 Å². The second-order valence-corrected chi connectivity index (χ2v) is 7.96. The van der Waals surface area contributed by atoms with E-state index in [1.165, 1.54) is 31.2 Å². The van der Waals surface area contributed by atoms with E-state index >= 15 is 0 Å². The number of ether oxygens (including phenoxy) is 1. The van der Waals surface area contributed by atoms with Crippen molar-refractivity contribution in [2.24, 2.45) is 4.99 Å². The first-order chi connectivity index (χ1) is 12.4. The summed E-state index contributed by atoms with van der Waals surface area (Å²) in [5, 5.41) is 5.57. The zero-order valence-electron chi connectivity index (χ0n) is 14.6. The number of nitrogens with zero attached hydrogens (tertiary/aromatic N) is 2. The monoisotopic (exact) mass is 381 g/mol. The number of nitrogens with one attached hydrogen (secondary N) is 3. The lowest BCUT2D eigenvalue weighted by Crippen LogP contribution is -2.51. The Morgan fingerprint density at radius 3 is 2.73 bits per heavy atom. The van der Waals surface area contributed by atoms with Crippen LogP contribution in [0.3, 0.4) is 0 Å². The van der Waals surface area contributed by atoms with E-state index in [0.29, 0.717) is 19.0 Å². The summed E-state index contributed by atoms with van der Waals surface area (Å²) in [5.41, 5.74) is 0.536. The van der Waals surface area contributed by atoms with Crippen molar-refractivity contribution < 1.29 is 17.9 Å². The van der Waals surface area contributed by atoms with E-state index in [-0.39, 0.29) is 22.9 Å². The number of guanidine groups is 1. The van der Waals surface area contributed by atoms with Crippen LogP contribution in [0.5, 0.6) is 0 Å². The first-order valence-electron chi connectivity index (χ1n) is 8.45. The molecular formula is C16H23N5O4S. The summed E-state index contributed by atoms with van der Waals surface area (Å²) in [7, 11) is -3.74. The Bertz CT molecular complexity index is 772. The molecule has 142 valence electrons. The molecule has 0 aromatic heterocycles. The maximum Gasteiger partial charge on any atom is 0.264 e.